The zero-order valence-corrected chi connectivity index (χ0v) is 17.7. The molecule has 174 valence electrons. The summed E-state index contributed by atoms with van der Waals surface area (Å²) >= 11 is 0. The predicted molar refractivity (Wildman–Crippen MR) is 105 cm³/mol. The molecule has 2 saturated heterocycles. The summed E-state index contributed by atoms with van der Waals surface area (Å²) in [6, 6.07) is 5.54. The molecule has 4 rings (SSSR count). The lowest BCUT2D eigenvalue weighted by atomic mass is 9.72. The van der Waals surface area contributed by atoms with E-state index < -0.39 is 53.3 Å². The molecule has 1 aliphatic carbocycles. The first kappa shape index (κ1) is 22.7. The van der Waals surface area contributed by atoms with Crippen molar-refractivity contribution in [2.45, 2.75) is 55.9 Å². The molecule has 2 heterocycles. The van der Waals surface area contributed by atoms with Crippen molar-refractivity contribution in [1.29, 1.82) is 0 Å². The van der Waals surface area contributed by atoms with Gasteiger partial charge in [-0.15, -0.1) is 0 Å². The van der Waals surface area contributed by atoms with Crippen molar-refractivity contribution in [2.75, 3.05) is 13.7 Å². The number of methoxy groups -OCH3 is 1. The van der Waals surface area contributed by atoms with Crippen LogP contribution in [-0.4, -0.2) is 76.5 Å². The van der Waals surface area contributed by atoms with E-state index in [2.05, 4.69) is 0 Å². The number of hydrogen-bond acceptors (Lipinski definition) is 10. The van der Waals surface area contributed by atoms with E-state index >= 15 is 0 Å². The van der Waals surface area contributed by atoms with Crippen molar-refractivity contribution >= 4 is 17.7 Å². The van der Waals surface area contributed by atoms with Crippen LogP contribution in [0.4, 0.5) is 0 Å². The standard InChI is InChI=1S/C22H26O10/c1-11-10-30-21(9-15(11)31-19(26)12-3-5-14(23)6-4-12)20(27)22(28)16(24)7-13(18(25)29-2)8-17(22)32-21/h3-6,11,13,15-17,23-24,28H,7-10H2,1-2H3/t11-,13+,15+,16-,17-,21+,22-/m1/s1. The van der Waals surface area contributed by atoms with Crippen LogP contribution in [0.15, 0.2) is 24.3 Å². The first-order valence-electron chi connectivity index (χ1n) is 10.5. The Morgan fingerprint density at radius 3 is 2.53 bits per heavy atom. The molecule has 10 heteroatoms. The molecule has 0 unspecified atom stereocenters. The Morgan fingerprint density at radius 1 is 1.19 bits per heavy atom. The maximum atomic E-state index is 13.3. The minimum Gasteiger partial charge on any atom is -0.508 e. The summed E-state index contributed by atoms with van der Waals surface area (Å²) in [5.41, 5.74) is -2.02. The summed E-state index contributed by atoms with van der Waals surface area (Å²) in [7, 11) is 1.22. The van der Waals surface area contributed by atoms with Crippen LogP contribution >= 0.6 is 0 Å². The molecule has 3 fully saturated rings. The van der Waals surface area contributed by atoms with Gasteiger partial charge >= 0.3 is 11.9 Å². The van der Waals surface area contributed by atoms with E-state index in [1.165, 1.54) is 31.4 Å². The number of carbonyl (C=O) groups is 3. The lowest BCUT2D eigenvalue weighted by Gasteiger charge is -2.39. The fourth-order valence-electron chi connectivity index (χ4n) is 4.68. The van der Waals surface area contributed by atoms with Crippen LogP contribution in [0.1, 0.15) is 36.5 Å². The topological polar surface area (TPSA) is 149 Å². The number of phenols is 1. The average molecular weight is 450 g/mol. The van der Waals surface area contributed by atoms with Crippen molar-refractivity contribution in [3.8, 4) is 5.75 Å². The van der Waals surface area contributed by atoms with Crippen molar-refractivity contribution < 1.29 is 48.7 Å². The number of esters is 2. The molecule has 1 aromatic carbocycles. The van der Waals surface area contributed by atoms with E-state index in [9.17, 15) is 29.7 Å². The highest BCUT2D eigenvalue weighted by molar-refractivity contribution is 5.97. The Kier molecular flexibility index (Phi) is 5.74. The second-order valence-electron chi connectivity index (χ2n) is 8.70. The van der Waals surface area contributed by atoms with Gasteiger partial charge in [0.25, 0.3) is 0 Å². The van der Waals surface area contributed by atoms with E-state index in [0.717, 1.165) is 0 Å². The van der Waals surface area contributed by atoms with E-state index in [1.807, 2.05) is 0 Å². The Bertz CT molecular complexity index is 914. The van der Waals surface area contributed by atoms with E-state index in [-0.39, 0.29) is 43.1 Å². The van der Waals surface area contributed by atoms with Crippen molar-refractivity contribution in [2.24, 2.45) is 11.8 Å². The third-order valence-electron chi connectivity index (χ3n) is 6.63. The van der Waals surface area contributed by atoms with Gasteiger partial charge in [-0.1, -0.05) is 6.92 Å². The molecular formula is C22H26O10. The fraction of sp³-hybridized carbons (Fsp3) is 0.591. The fourth-order valence-corrected chi connectivity index (χ4v) is 4.68. The average Bonchev–Trinajstić information content (AvgIpc) is 2.98. The predicted octanol–water partition coefficient (Wildman–Crippen LogP) is 0.313. The molecule has 0 radical (unpaired) electrons. The Balaban J connectivity index is 1.54. The third-order valence-corrected chi connectivity index (χ3v) is 6.63. The van der Waals surface area contributed by atoms with E-state index in [4.69, 9.17) is 18.9 Å². The molecule has 0 aromatic heterocycles. The van der Waals surface area contributed by atoms with Crippen LogP contribution in [0.3, 0.4) is 0 Å². The highest BCUT2D eigenvalue weighted by atomic mass is 16.7. The summed E-state index contributed by atoms with van der Waals surface area (Å²) in [5, 5.41) is 31.0. The SMILES string of the molecule is COC(=O)[C@H]1C[C@@H](O)[C@]2(O)C(=O)[C@]3(C[C@H](OC(=O)c4ccc(O)cc4)[C@H](C)CO3)O[C@@H]2C1. The highest BCUT2D eigenvalue weighted by Gasteiger charge is 2.70. The number of phenolic OH excluding ortho intramolecular Hbond substituents is 1. The van der Waals surface area contributed by atoms with Crippen LogP contribution in [0.2, 0.25) is 0 Å². The summed E-state index contributed by atoms with van der Waals surface area (Å²) < 4.78 is 21.9. The van der Waals surface area contributed by atoms with Gasteiger partial charge in [0.1, 0.15) is 18.0 Å². The molecule has 1 saturated carbocycles. The smallest absolute Gasteiger partial charge is 0.338 e. The summed E-state index contributed by atoms with van der Waals surface area (Å²) in [5.74, 6) is -4.98. The number of fused-ring (bicyclic) bond motifs is 1. The molecule has 0 bridgehead atoms. The molecule has 1 spiro atoms. The van der Waals surface area contributed by atoms with Gasteiger partial charge in [-0.3, -0.25) is 9.59 Å². The molecule has 7 atom stereocenters. The van der Waals surface area contributed by atoms with Crippen molar-refractivity contribution in [3.05, 3.63) is 29.8 Å². The highest BCUT2D eigenvalue weighted by Crippen LogP contribution is 2.49. The maximum absolute atomic E-state index is 13.3. The molecule has 3 aliphatic rings. The summed E-state index contributed by atoms with van der Waals surface area (Å²) in [6.07, 6.45) is -3.84. The molecular weight excluding hydrogens is 424 g/mol. The number of Topliss-reactive ketones (excluding diaryl/α,β-unsaturated/α-hetero) is 1. The zero-order valence-electron chi connectivity index (χ0n) is 17.7. The number of ether oxygens (including phenoxy) is 4. The molecule has 1 aromatic rings. The number of benzene rings is 1. The van der Waals surface area contributed by atoms with Gasteiger partial charge in [0.2, 0.25) is 11.6 Å². The van der Waals surface area contributed by atoms with Crippen LogP contribution in [0, 0.1) is 11.8 Å². The zero-order chi connectivity index (χ0) is 23.3. The summed E-state index contributed by atoms with van der Waals surface area (Å²) in [6.45, 7) is 1.80. The number of aromatic hydroxyl groups is 1. The van der Waals surface area contributed by atoms with Crippen LogP contribution in [0.25, 0.3) is 0 Å². The minimum absolute atomic E-state index is 0.00422. The molecule has 10 nitrogen and oxygen atoms in total. The number of aliphatic hydroxyl groups excluding tert-OH is 1. The first-order valence-corrected chi connectivity index (χ1v) is 10.5. The van der Waals surface area contributed by atoms with Gasteiger partial charge in [0.15, 0.2) is 5.60 Å². The van der Waals surface area contributed by atoms with Crippen LogP contribution < -0.4 is 0 Å². The van der Waals surface area contributed by atoms with Crippen LogP contribution in [-0.2, 0) is 28.5 Å². The largest absolute Gasteiger partial charge is 0.508 e. The van der Waals surface area contributed by atoms with Crippen molar-refractivity contribution in [3.63, 3.8) is 0 Å². The first-order chi connectivity index (χ1) is 15.1. The normalized spacial score (nSPS) is 38.9. The van der Waals surface area contributed by atoms with Gasteiger partial charge in [0.05, 0.1) is 31.3 Å². The Hall–Kier alpha value is -2.53. The van der Waals surface area contributed by atoms with Crippen LogP contribution in [0.5, 0.6) is 5.75 Å². The van der Waals surface area contributed by atoms with Gasteiger partial charge < -0.3 is 34.3 Å². The minimum atomic E-state index is -2.24. The Morgan fingerprint density at radius 2 is 1.88 bits per heavy atom. The lowest BCUT2D eigenvalue weighted by molar-refractivity contribution is -0.266. The Labute approximate surface area is 184 Å². The lowest BCUT2D eigenvalue weighted by Crippen LogP contribution is -2.61. The number of carbonyl (C=O) groups excluding carboxylic acids is 3. The molecule has 3 N–H and O–H groups in total. The van der Waals surface area contributed by atoms with Gasteiger partial charge in [-0.05, 0) is 37.1 Å². The second-order valence-corrected chi connectivity index (χ2v) is 8.70. The van der Waals surface area contributed by atoms with E-state index in [0.29, 0.717) is 0 Å². The molecule has 32 heavy (non-hydrogen) atoms. The second kappa shape index (κ2) is 8.11. The number of ketones is 1. The number of rotatable bonds is 3. The van der Waals surface area contributed by atoms with Crippen molar-refractivity contribution in [1.82, 2.24) is 0 Å². The third kappa shape index (κ3) is 3.57. The molecule has 2 aliphatic heterocycles. The van der Waals surface area contributed by atoms with Gasteiger partial charge in [-0.25, -0.2) is 4.79 Å². The number of aliphatic hydroxyl groups is 2. The monoisotopic (exact) mass is 450 g/mol. The number of hydrogen-bond donors (Lipinski definition) is 3. The maximum Gasteiger partial charge on any atom is 0.338 e. The summed E-state index contributed by atoms with van der Waals surface area (Å²) in [4.78, 5) is 37.8. The van der Waals surface area contributed by atoms with E-state index in [1.54, 1.807) is 6.92 Å². The quantitative estimate of drug-likeness (QED) is 0.549. The van der Waals surface area contributed by atoms with Gasteiger partial charge in [0, 0.05) is 12.3 Å². The molecule has 0 amide bonds. The van der Waals surface area contributed by atoms with Gasteiger partial charge in [-0.2, -0.15) is 0 Å².